The molecule has 0 saturated carbocycles. The first kappa shape index (κ1) is 20.5. The lowest BCUT2D eigenvalue weighted by Crippen LogP contribution is -2.28. The largest absolute Gasteiger partial charge is 0.300 e. The second-order valence-corrected chi connectivity index (χ2v) is 8.88. The van der Waals surface area contributed by atoms with E-state index in [1.165, 1.54) is 11.3 Å². The molecule has 0 fully saturated rings. The van der Waals surface area contributed by atoms with Crippen molar-refractivity contribution in [2.75, 3.05) is 11.9 Å². The summed E-state index contributed by atoms with van der Waals surface area (Å²) >= 11 is 1.35. The molecule has 9 heteroatoms. The van der Waals surface area contributed by atoms with Crippen LogP contribution in [-0.2, 0) is 21.2 Å². The van der Waals surface area contributed by atoms with E-state index >= 15 is 0 Å². The molecule has 1 aromatic heterocycles. The zero-order chi connectivity index (χ0) is 19.2. The van der Waals surface area contributed by atoms with Crippen LogP contribution in [-0.4, -0.2) is 31.1 Å². The Kier molecular flexibility index (Phi) is 7.24. The molecule has 0 spiro atoms. The number of benzene rings is 1. The molecule has 0 radical (unpaired) electrons. The number of aromatic nitrogens is 2. The zero-order valence-electron chi connectivity index (χ0n) is 15.2. The van der Waals surface area contributed by atoms with E-state index in [1.807, 2.05) is 13.8 Å². The maximum Gasteiger partial charge on any atom is 0.240 e. The minimum atomic E-state index is -3.63. The van der Waals surface area contributed by atoms with Crippen molar-refractivity contribution in [3.05, 3.63) is 34.3 Å². The molecule has 0 saturated heterocycles. The molecule has 0 unspecified atom stereocenters. The Bertz CT molecular complexity index is 863. The number of anilines is 1. The Morgan fingerprint density at radius 3 is 2.65 bits per heavy atom. The van der Waals surface area contributed by atoms with Crippen molar-refractivity contribution in [2.45, 2.75) is 51.3 Å². The van der Waals surface area contributed by atoms with Gasteiger partial charge in [0.2, 0.25) is 21.1 Å². The molecular weight excluding hydrogens is 372 g/mol. The molecule has 0 atom stereocenters. The van der Waals surface area contributed by atoms with E-state index in [1.54, 1.807) is 18.2 Å². The molecule has 142 valence electrons. The Morgan fingerprint density at radius 1 is 1.19 bits per heavy atom. The summed E-state index contributed by atoms with van der Waals surface area (Å²) in [6.45, 7) is 5.90. The van der Waals surface area contributed by atoms with Crippen molar-refractivity contribution in [3.63, 3.8) is 0 Å². The van der Waals surface area contributed by atoms with Crippen LogP contribution in [0.15, 0.2) is 23.1 Å². The van der Waals surface area contributed by atoms with E-state index < -0.39 is 10.0 Å². The van der Waals surface area contributed by atoms with Crippen LogP contribution in [0.2, 0.25) is 0 Å². The Morgan fingerprint density at radius 2 is 1.96 bits per heavy atom. The average molecular weight is 397 g/mol. The van der Waals surface area contributed by atoms with Gasteiger partial charge in [-0.2, -0.15) is 0 Å². The first-order valence-corrected chi connectivity index (χ1v) is 10.8. The maximum atomic E-state index is 12.3. The van der Waals surface area contributed by atoms with Gasteiger partial charge in [0, 0.05) is 19.4 Å². The number of nitrogens with zero attached hydrogens (tertiary/aromatic N) is 2. The van der Waals surface area contributed by atoms with Gasteiger partial charge in [-0.1, -0.05) is 30.7 Å². The minimum Gasteiger partial charge on any atom is -0.300 e. The molecule has 0 aliphatic rings. The molecule has 7 nitrogen and oxygen atoms in total. The summed E-state index contributed by atoms with van der Waals surface area (Å²) in [5, 5.41) is 11.9. The third kappa shape index (κ3) is 5.86. The molecule has 2 N–H and O–H groups in total. The monoisotopic (exact) mass is 396 g/mol. The number of carbonyl (C=O) groups excluding carboxylic acids is 1. The van der Waals surface area contributed by atoms with Gasteiger partial charge in [0.25, 0.3) is 0 Å². The molecular formula is C17H24N4O3S2. The summed E-state index contributed by atoms with van der Waals surface area (Å²) in [6, 6.07) is 4.95. The van der Waals surface area contributed by atoms with E-state index in [4.69, 9.17) is 0 Å². The molecule has 26 heavy (non-hydrogen) atoms. The van der Waals surface area contributed by atoms with Gasteiger partial charge in [0.05, 0.1) is 4.90 Å². The standard InChI is InChI=1S/C17H24N4O3S2/c1-4-5-6-16-20-21-17(25-16)19-15(22)9-10-18-26(23,24)14-8-7-12(2)13(3)11-14/h7-8,11,18H,4-6,9-10H2,1-3H3,(H,19,21,22). The number of rotatable bonds is 9. The minimum absolute atomic E-state index is 0.0165. The summed E-state index contributed by atoms with van der Waals surface area (Å²) < 4.78 is 27.0. The van der Waals surface area contributed by atoms with Crippen LogP contribution in [0.25, 0.3) is 0 Å². The number of hydrogen-bond acceptors (Lipinski definition) is 6. The van der Waals surface area contributed by atoms with Crippen LogP contribution in [0, 0.1) is 13.8 Å². The summed E-state index contributed by atoms with van der Waals surface area (Å²) in [6.07, 6.45) is 2.97. The van der Waals surface area contributed by atoms with Crippen LogP contribution < -0.4 is 10.0 Å². The van der Waals surface area contributed by atoms with Crippen LogP contribution in [0.4, 0.5) is 5.13 Å². The first-order valence-electron chi connectivity index (χ1n) is 8.51. The molecule has 0 aliphatic carbocycles. The highest BCUT2D eigenvalue weighted by atomic mass is 32.2. The SMILES string of the molecule is CCCCc1nnc(NC(=O)CCNS(=O)(=O)c2ccc(C)c(C)c2)s1. The van der Waals surface area contributed by atoms with Gasteiger partial charge in [-0.05, 0) is 43.5 Å². The van der Waals surface area contributed by atoms with E-state index in [-0.39, 0.29) is 23.8 Å². The van der Waals surface area contributed by atoms with Gasteiger partial charge in [-0.3, -0.25) is 4.79 Å². The predicted molar refractivity (Wildman–Crippen MR) is 103 cm³/mol. The van der Waals surface area contributed by atoms with E-state index in [0.29, 0.717) is 5.13 Å². The molecule has 0 bridgehead atoms. The number of sulfonamides is 1. The Balaban J connectivity index is 1.83. The van der Waals surface area contributed by atoms with Crippen molar-refractivity contribution in [1.29, 1.82) is 0 Å². The fourth-order valence-electron chi connectivity index (χ4n) is 2.18. The third-order valence-electron chi connectivity index (χ3n) is 3.89. The van der Waals surface area contributed by atoms with Gasteiger partial charge < -0.3 is 5.32 Å². The van der Waals surface area contributed by atoms with Crippen molar-refractivity contribution in [2.24, 2.45) is 0 Å². The normalized spacial score (nSPS) is 11.5. The van der Waals surface area contributed by atoms with Crippen LogP contribution >= 0.6 is 11.3 Å². The summed E-state index contributed by atoms with van der Waals surface area (Å²) in [5.74, 6) is -0.300. The maximum absolute atomic E-state index is 12.3. The van der Waals surface area contributed by atoms with Gasteiger partial charge in [-0.25, -0.2) is 13.1 Å². The summed E-state index contributed by atoms with van der Waals surface area (Å²) in [4.78, 5) is 12.1. The Labute approximate surface area is 158 Å². The van der Waals surface area contributed by atoms with Crippen molar-refractivity contribution >= 4 is 32.4 Å². The van der Waals surface area contributed by atoms with Crippen LogP contribution in [0.3, 0.4) is 0 Å². The lowest BCUT2D eigenvalue weighted by Gasteiger charge is -2.08. The van der Waals surface area contributed by atoms with Gasteiger partial charge in [-0.15, -0.1) is 10.2 Å². The summed E-state index contributed by atoms with van der Waals surface area (Å²) in [5.41, 5.74) is 1.93. The molecule has 1 aromatic carbocycles. The van der Waals surface area contributed by atoms with Crippen LogP contribution in [0.5, 0.6) is 0 Å². The fourth-order valence-corrected chi connectivity index (χ4v) is 4.09. The Hall–Kier alpha value is -1.84. The van der Waals surface area contributed by atoms with Gasteiger partial charge in [0.1, 0.15) is 5.01 Å². The van der Waals surface area contributed by atoms with Gasteiger partial charge >= 0.3 is 0 Å². The number of hydrogen-bond donors (Lipinski definition) is 2. The second-order valence-electron chi connectivity index (χ2n) is 6.05. The highest BCUT2D eigenvalue weighted by Gasteiger charge is 2.15. The zero-order valence-corrected chi connectivity index (χ0v) is 16.8. The average Bonchev–Trinajstić information content (AvgIpc) is 3.02. The second kappa shape index (κ2) is 9.20. The molecule has 2 rings (SSSR count). The lowest BCUT2D eigenvalue weighted by atomic mass is 10.1. The highest BCUT2D eigenvalue weighted by Crippen LogP contribution is 2.17. The highest BCUT2D eigenvalue weighted by molar-refractivity contribution is 7.89. The molecule has 1 amide bonds. The van der Waals surface area contributed by atoms with E-state index in [2.05, 4.69) is 27.2 Å². The molecule has 0 aliphatic heterocycles. The summed E-state index contributed by atoms with van der Waals surface area (Å²) in [7, 11) is -3.63. The number of unbranched alkanes of at least 4 members (excludes halogenated alkanes) is 1. The topological polar surface area (TPSA) is 101 Å². The number of amides is 1. The molecule has 2 aromatic rings. The van der Waals surface area contributed by atoms with Crippen molar-refractivity contribution in [1.82, 2.24) is 14.9 Å². The third-order valence-corrected chi connectivity index (χ3v) is 6.25. The predicted octanol–water partition coefficient (Wildman–Crippen LogP) is 2.80. The lowest BCUT2D eigenvalue weighted by molar-refractivity contribution is -0.116. The number of nitrogens with one attached hydrogen (secondary N) is 2. The number of carbonyl (C=O) groups is 1. The van der Waals surface area contributed by atoms with Crippen LogP contribution in [0.1, 0.15) is 42.3 Å². The van der Waals surface area contributed by atoms with E-state index in [9.17, 15) is 13.2 Å². The van der Waals surface area contributed by atoms with Gasteiger partial charge in [0.15, 0.2) is 0 Å². The quantitative estimate of drug-likeness (QED) is 0.679. The number of aryl methyl sites for hydroxylation is 3. The fraction of sp³-hybridized carbons (Fsp3) is 0.471. The van der Waals surface area contributed by atoms with Crippen molar-refractivity contribution in [3.8, 4) is 0 Å². The van der Waals surface area contributed by atoms with E-state index in [0.717, 1.165) is 35.4 Å². The first-order chi connectivity index (χ1) is 12.3. The smallest absolute Gasteiger partial charge is 0.240 e. The van der Waals surface area contributed by atoms with Crippen molar-refractivity contribution < 1.29 is 13.2 Å². The molecule has 1 heterocycles.